The van der Waals surface area contributed by atoms with Gasteiger partial charge in [0.1, 0.15) is 15.9 Å². The molecule has 0 aliphatic heterocycles. The maximum atomic E-state index is 14.0. The quantitative estimate of drug-likeness (QED) is 0.435. The molecule has 5 rings (SSSR count). The van der Waals surface area contributed by atoms with Gasteiger partial charge in [0.2, 0.25) is 5.30 Å². The number of aryl methyl sites for hydroxylation is 1. The molecule has 0 spiro atoms. The van der Waals surface area contributed by atoms with E-state index in [9.17, 15) is 9.90 Å². The van der Waals surface area contributed by atoms with Crippen molar-refractivity contribution in [1.29, 1.82) is 0 Å². The third kappa shape index (κ3) is 2.97. The topological polar surface area (TPSA) is 42.2 Å². The molecule has 1 N–H and O–H groups in total. The summed E-state index contributed by atoms with van der Waals surface area (Å²) in [5.74, 6) is 0.0635. The number of rotatable bonds is 4. The van der Waals surface area contributed by atoms with E-state index in [1.807, 2.05) is 78.9 Å². The highest BCUT2D eigenvalue weighted by atomic mass is 31.2. The van der Waals surface area contributed by atoms with Crippen molar-refractivity contribution in [2.24, 2.45) is 7.05 Å². The predicted molar refractivity (Wildman–Crippen MR) is 136 cm³/mol. The number of hydrogen-bond donors (Lipinski definition) is 1. The van der Waals surface area contributed by atoms with Crippen LogP contribution in [0.2, 0.25) is 0 Å². The number of nitrogens with zero attached hydrogens (tertiary/aromatic N) is 1. The summed E-state index contributed by atoms with van der Waals surface area (Å²) >= 11 is 0. The Labute approximate surface area is 187 Å². The lowest BCUT2D eigenvalue weighted by atomic mass is 10.2. The second-order valence-electron chi connectivity index (χ2n) is 7.76. The van der Waals surface area contributed by atoms with Crippen molar-refractivity contribution in [2.45, 2.75) is 0 Å². The average molecular weight is 436 g/mol. The predicted octanol–water partition coefficient (Wildman–Crippen LogP) is 3.86. The second kappa shape index (κ2) is 8.11. The van der Waals surface area contributed by atoms with Gasteiger partial charge in [0.05, 0.1) is 5.52 Å². The normalized spacial score (nSPS) is 11.5. The first-order valence-corrected chi connectivity index (χ1v) is 12.3. The molecule has 4 aromatic carbocycles. The van der Waals surface area contributed by atoms with Crippen LogP contribution in [0.5, 0.6) is 5.75 Å². The molecular formula is C28H23NO2P+. The average Bonchev–Trinajstić information content (AvgIpc) is 2.87. The van der Waals surface area contributed by atoms with Gasteiger partial charge in [-0.3, -0.25) is 4.79 Å². The number of aromatic hydroxyl groups is 1. The zero-order valence-electron chi connectivity index (χ0n) is 17.7. The first-order chi connectivity index (χ1) is 15.7. The van der Waals surface area contributed by atoms with Crippen molar-refractivity contribution in [1.82, 2.24) is 4.57 Å². The van der Waals surface area contributed by atoms with Gasteiger partial charge in [-0.05, 0) is 48.5 Å². The Balaban J connectivity index is 2.05. The Bertz CT molecular complexity index is 1350. The largest absolute Gasteiger partial charge is 0.503 e. The molecule has 1 heterocycles. The molecule has 0 aliphatic carbocycles. The number of benzene rings is 4. The second-order valence-corrected chi connectivity index (χ2v) is 11.1. The van der Waals surface area contributed by atoms with Crippen molar-refractivity contribution in [3.05, 3.63) is 126 Å². The lowest BCUT2D eigenvalue weighted by molar-refractivity contribution is 0.484. The van der Waals surface area contributed by atoms with Crippen LogP contribution in [0.1, 0.15) is 0 Å². The molecule has 5 aromatic rings. The Morgan fingerprint density at radius 3 is 1.50 bits per heavy atom. The van der Waals surface area contributed by atoms with Crippen LogP contribution in [0, 0.1) is 0 Å². The highest BCUT2D eigenvalue weighted by molar-refractivity contribution is 8.01. The summed E-state index contributed by atoms with van der Waals surface area (Å²) in [6.45, 7) is 0. The first kappa shape index (κ1) is 20.2. The fraction of sp³-hybridized carbons (Fsp3) is 0.0357. The zero-order valence-corrected chi connectivity index (χ0v) is 18.6. The minimum Gasteiger partial charge on any atom is -0.503 e. The summed E-state index contributed by atoms with van der Waals surface area (Å²) in [6, 6.07) is 37.9. The summed E-state index contributed by atoms with van der Waals surface area (Å²) in [5.41, 5.74) is 0.539. The van der Waals surface area contributed by atoms with E-state index in [0.29, 0.717) is 16.2 Å². The monoisotopic (exact) mass is 436 g/mol. The molecule has 4 heteroatoms. The van der Waals surface area contributed by atoms with E-state index < -0.39 is 7.26 Å². The summed E-state index contributed by atoms with van der Waals surface area (Å²) in [4.78, 5) is 14.0. The molecule has 32 heavy (non-hydrogen) atoms. The van der Waals surface area contributed by atoms with Crippen molar-refractivity contribution >= 4 is 39.4 Å². The Hall–Kier alpha value is -3.68. The molecule has 0 radical (unpaired) electrons. The van der Waals surface area contributed by atoms with Gasteiger partial charge in [-0.15, -0.1) is 0 Å². The maximum absolute atomic E-state index is 14.0. The van der Waals surface area contributed by atoms with Gasteiger partial charge in [-0.25, -0.2) is 0 Å². The molecule has 0 saturated heterocycles. The van der Waals surface area contributed by atoms with Crippen LogP contribution in [0.3, 0.4) is 0 Å². The van der Waals surface area contributed by atoms with Gasteiger partial charge < -0.3 is 9.67 Å². The van der Waals surface area contributed by atoms with Crippen molar-refractivity contribution in [2.75, 3.05) is 0 Å². The highest BCUT2D eigenvalue weighted by Gasteiger charge is 2.52. The molecule has 0 aliphatic rings. The minimum atomic E-state index is -2.70. The van der Waals surface area contributed by atoms with Crippen LogP contribution in [0.15, 0.2) is 120 Å². The Morgan fingerprint density at radius 1 is 0.625 bits per heavy atom. The molecule has 3 nitrogen and oxygen atoms in total. The van der Waals surface area contributed by atoms with E-state index in [0.717, 1.165) is 15.9 Å². The number of aromatic nitrogens is 1. The SMILES string of the molecule is Cn1c(=O)c([P+](c2ccccc2)(c2ccccc2)c2ccccc2)c(O)c2ccccc21. The molecule has 1 aromatic heterocycles. The fourth-order valence-corrected chi connectivity index (χ4v) is 8.96. The number of pyridine rings is 1. The molecule has 0 saturated carbocycles. The number of hydrogen-bond acceptors (Lipinski definition) is 2. The molecule has 0 bridgehead atoms. The van der Waals surface area contributed by atoms with E-state index >= 15 is 0 Å². The van der Waals surface area contributed by atoms with E-state index in [1.54, 1.807) is 11.6 Å². The van der Waals surface area contributed by atoms with E-state index in [2.05, 4.69) is 36.4 Å². The Morgan fingerprint density at radius 2 is 1.03 bits per heavy atom. The highest BCUT2D eigenvalue weighted by Crippen LogP contribution is 2.55. The van der Waals surface area contributed by atoms with Crippen LogP contribution < -0.4 is 26.8 Å². The molecule has 0 atom stereocenters. The Kier molecular flexibility index (Phi) is 5.13. The van der Waals surface area contributed by atoms with Crippen LogP contribution in [-0.2, 0) is 7.05 Å². The van der Waals surface area contributed by atoms with Crippen molar-refractivity contribution in [3.8, 4) is 5.75 Å². The summed E-state index contributed by atoms with van der Waals surface area (Å²) < 4.78 is 1.66. The molecule has 0 unspecified atom stereocenters. The van der Waals surface area contributed by atoms with Crippen molar-refractivity contribution in [3.63, 3.8) is 0 Å². The van der Waals surface area contributed by atoms with Gasteiger partial charge in [0.25, 0.3) is 5.56 Å². The smallest absolute Gasteiger partial charge is 0.298 e. The van der Waals surface area contributed by atoms with E-state index in [4.69, 9.17) is 0 Å². The zero-order chi connectivity index (χ0) is 22.1. The molecule has 0 fully saturated rings. The third-order valence-corrected chi connectivity index (χ3v) is 10.3. The number of fused-ring (bicyclic) bond motifs is 1. The van der Waals surface area contributed by atoms with Gasteiger partial charge in [-0.1, -0.05) is 66.7 Å². The van der Waals surface area contributed by atoms with E-state index in [1.165, 1.54) is 0 Å². The third-order valence-electron chi connectivity index (χ3n) is 6.02. The molecular weight excluding hydrogens is 413 g/mol. The van der Waals surface area contributed by atoms with Gasteiger partial charge in [0, 0.05) is 12.4 Å². The van der Waals surface area contributed by atoms with Crippen LogP contribution in [-0.4, -0.2) is 9.67 Å². The van der Waals surface area contributed by atoms with Gasteiger partial charge >= 0.3 is 0 Å². The van der Waals surface area contributed by atoms with Crippen LogP contribution in [0.4, 0.5) is 0 Å². The van der Waals surface area contributed by atoms with Gasteiger partial charge in [-0.2, -0.15) is 0 Å². The van der Waals surface area contributed by atoms with E-state index in [-0.39, 0.29) is 11.3 Å². The summed E-state index contributed by atoms with van der Waals surface area (Å²) in [7, 11) is -0.914. The molecule has 0 amide bonds. The van der Waals surface area contributed by atoms with Crippen LogP contribution in [0.25, 0.3) is 10.9 Å². The maximum Gasteiger partial charge on any atom is 0.298 e. The van der Waals surface area contributed by atoms with Crippen molar-refractivity contribution < 1.29 is 5.11 Å². The minimum absolute atomic E-state index is 0.0635. The fourth-order valence-electron chi connectivity index (χ4n) is 4.56. The standard InChI is InChI=1S/C28H22NO2P/c1-29-25-20-12-11-19-24(25)26(30)27(28(29)31)32(21-13-5-2-6-14-21,22-15-7-3-8-16-22)23-17-9-4-10-18-23/h2-20H,1H3/p+1. The number of para-hydroxylation sites is 1. The first-order valence-electron chi connectivity index (χ1n) is 10.5. The van der Waals surface area contributed by atoms with Crippen LogP contribution >= 0.6 is 7.26 Å². The lowest BCUT2D eigenvalue weighted by Gasteiger charge is -2.28. The lowest BCUT2D eigenvalue weighted by Crippen LogP contribution is -2.46. The summed E-state index contributed by atoms with van der Waals surface area (Å²) in [5, 5.41) is 15.9. The van der Waals surface area contributed by atoms with Gasteiger partial charge in [0.15, 0.2) is 13.0 Å². The molecule has 156 valence electrons. The summed E-state index contributed by atoms with van der Waals surface area (Å²) in [6.07, 6.45) is 0.